The van der Waals surface area contributed by atoms with Crippen LogP contribution in [0.2, 0.25) is 0 Å². The summed E-state index contributed by atoms with van der Waals surface area (Å²) in [5, 5.41) is 2.18. The number of rotatable bonds is 0. The summed E-state index contributed by atoms with van der Waals surface area (Å²) >= 11 is 0. The predicted octanol–water partition coefficient (Wildman–Crippen LogP) is 1.10. The van der Waals surface area contributed by atoms with E-state index in [9.17, 15) is 0 Å². The number of hydrogen-bond acceptors (Lipinski definition) is 2. The fourth-order valence-corrected chi connectivity index (χ4v) is 1.31. The van der Waals surface area contributed by atoms with Crippen molar-refractivity contribution in [3.05, 3.63) is 0 Å². The molecule has 2 heteroatoms. The lowest BCUT2D eigenvalue weighted by molar-refractivity contribution is 0.244. The van der Waals surface area contributed by atoms with Crippen LogP contribution in [0, 0.1) is 11.3 Å². The maximum Gasteiger partial charge on any atom is 0.0173 e. The highest BCUT2D eigenvalue weighted by Crippen LogP contribution is 2.27. The maximum atomic E-state index is 3.31. The normalized spacial score (nSPS) is 29.4. The van der Waals surface area contributed by atoms with Crippen LogP contribution in [-0.2, 0) is 0 Å². The van der Waals surface area contributed by atoms with Gasteiger partial charge in [0.15, 0.2) is 0 Å². The molecule has 0 aromatic heterocycles. The van der Waals surface area contributed by atoms with E-state index in [1.165, 1.54) is 6.54 Å². The summed E-state index contributed by atoms with van der Waals surface area (Å²) in [6, 6.07) is 0. The van der Waals surface area contributed by atoms with E-state index in [1.54, 1.807) is 0 Å². The van der Waals surface area contributed by atoms with Crippen molar-refractivity contribution in [2.45, 2.75) is 20.8 Å². The second-order valence-electron chi connectivity index (χ2n) is 4.31. The second-order valence-corrected chi connectivity index (χ2v) is 4.31. The van der Waals surface area contributed by atoms with E-state index in [2.05, 4.69) is 38.3 Å². The number of nitrogens with one attached hydrogen (secondary N) is 1. The Kier molecular flexibility index (Phi) is 2.02. The Hall–Kier alpha value is -0.0800. The zero-order chi connectivity index (χ0) is 7.78. The SMILES string of the molecule is CN1CC(C(C)(C)C)CN1. The fourth-order valence-electron chi connectivity index (χ4n) is 1.31. The minimum Gasteiger partial charge on any atom is -0.255 e. The van der Waals surface area contributed by atoms with Crippen molar-refractivity contribution in [1.29, 1.82) is 0 Å². The molecular formula is C8H18N2. The van der Waals surface area contributed by atoms with Gasteiger partial charge in [-0.15, -0.1) is 0 Å². The molecule has 0 aromatic rings. The van der Waals surface area contributed by atoms with E-state index < -0.39 is 0 Å². The molecule has 10 heavy (non-hydrogen) atoms. The van der Waals surface area contributed by atoms with Gasteiger partial charge in [-0.25, -0.2) is 5.01 Å². The van der Waals surface area contributed by atoms with Gasteiger partial charge in [-0.05, 0) is 11.3 Å². The largest absolute Gasteiger partial charge is 0.255 e. The van der Waals surface area contributed by atoms with Gasteiger partial charge < -0.3 is 0 Å². The quantitative estimate of drug-likeness (QED) is 0.545. The molecule has 1 heterocycles. The second kappa shape index (κ2) is 2.51. The lowest BCUT2D eigenvalue weighted by atomic mass is 9.81. The number of hydrazine groups is 1. The summed E-state index contributed by atoms with van der Waals surface area (Å²) in [5.41, 5.74) is 3.77. The average molecular weight is 142 g/mol. The van der Waals surface area contributed by atoms with E-state index in [-0.39, 0.29) is 0 Å². The van der Waals surface area contributed by atoms with Crippen LogP contribution in [-0.4, -0.2) is 25.1 Å². The molecule has 1 fully saturated rings. The van der Waals surface area contributed by atoms with Crippen molar-refractivity contribution in [1.82, 2.24) is 10.4 Å². The Balaban J connectivity index is 2.45. The molecule has 0 amide bonds. The van der Waals surface area contributed by atoms with Crippen LogP contribution < -0.4 is 5.43 Å². The van der Waals surface area contributed by atoms with Gasteiger partial charge in [-0.2, -0.15) is 0 Å². The minimum absolute atomic E-state index is 0.456. The van der Waals surface area contributed by atoms with Crippen molar-refractivity contribution in [3.63, 3.8) is 0 Å². The molecular weight excluding hydrogens is 124 g/mol. The molecule has 1 N–H and O–H groups in total. The zero-order valence-corrected chi connectivity index (χ0v) is 7.44. The molecule has 0 spiro atoms. The van der Waals surface area contributed by atoms with Gasteiger partial charge >= 0.3 is 0 Å². The van der Waals surface area contributed by atoms with Crippen LogP contribution in [0.25, 0.3) is 0 Å². The Labute approximate surface area is 63.6 Å². The molecule has 0 radical (unpaired) electrons. The van der Waals surface area contributed by atoms with Crippen LogP contribution in [0.3, 0.4) is 0 Å². The summed E-state index contributed by atoms with van der Waals surface area (Å²) < 4.78 is 0. The standard InChI is InChI=1S/C8H18N2/c1-8(2,3)7-5-9-10(4)6-7/h7,9H,5-6H2,1-4H3. The average Bonchev–Trinajstić information content (AvgIpc) is 2.11. The van der Waals surface area contributed by atoms with E-state index in [0.29, 0.717) is 5.41 Å². The van der Waals surface area contributed by atoms with Crippen LogP contribution in [0.1, 0.15) is 20.8 Å². The summed E-state index contributed by atoms with van der Waals surface area (Å²) in [5.74, 6) is 0.803. The van der Waals surface area contributed by atoms with Crippen molar-refractivity contribution in [2.24, 2.45) is 11.3 Å². The maximum absolute atomic E-state index is 3.31. The first kappa shape index (κ1) is 8.02. The third-order valence-corrected chi connectivity index (χ3v) is 2.33. The number of hydrogen-bond donors (Lipinski definition) is 1. The highest BCUT2D eigenvalue weighted by Gasteiger charge is 2.29. The van der Waals surface area contributed by atoms with Crippen molar-refractivity contribution in [2.75, 3.05) is 20.1 Å². The monoisotopic (exact) mass is 142 g/mol. The molecule has 1 aliphatic rings. The van der Waals surface area contributed by atoms with Crippen LogP contribution >= 0.6 is 0 Å². The molecule has 1 aliphatic heterocycles. The smallest absolute Gasteiger partial charge is 0.0173 e. The molecule has 1 unspecified atom stereocenters. The molecule has 1 rings (SSSR count). The molecule has 2 nitrogen and oxygen atoms in total. The first-order valence-electron chi connectivity index (χ1n) is 3.95. The molecule has 60 valence electrons. The minimum atomic E-state index is 0.456. The lowest BCUT2D eigenvalue weighted by Gasteiger charge is -2.25. The summed E-state index contributed by atoms with van der Waals surface area (Å²) in [6.45, 7) is 9.24. The lowest BCUT2D eigenvalue weighted by Crippen LogP contribution is -2.25. The summed E-state index contributed by atoms with van der Waals surface area (Å²) in [4.78, 5) is 0. The summed E-state index contributed by atoms with van der Waals surface area (Å²) in [7, 11) is 2.10. The molecule has 1 atom stereocenters. The van der Waals surface area contributed by atoms with Gasteiger partial charge in [0.25, 0.3) is 0 Å². The predicted molar refractivity (Wildman–Crippen MR) is 43.6 cm³/mol. The molecule has 0 saturated carbocycles. The van der Waals surface area contributed by atoms with Gasteiger partial charge in [0.2, 0.25) is 0 Å². The van der Waals surface area contributed by atoms with E-state index >= 15 is 0 Å². The summed E-state index contributed by atoms with van der Waals surface area (Å²) in [6.07, 6.45) is 0. The Morgan fingerprint density at radius 1 is 1.40 bits per heavy atom. The van der Waals surface area contributed by atoms with Crippen molar-refractivity contribution < 1.29 is 0 Å². The third kappa shape index (κ3) is 1.70. The highest BCUT2D eigenvalue weighted by molar-refractivity contribution is 4.81. The number of nitrogens with zero attached hydrogens (tertiary/aromatic N) is 1. The van der Waals surface area contributed by atoms with E-state index in [0.717, 1.165) is 12.5 Å². The Bertz CT molecular complexity index is 115. The van der Waals surface area contributed by atoms with Gasteiger partial charge in [0.05, 0.1) is 0 Å². The topological polar surface area (TPSA) is 15.3 Å². The molecule has 1 saturated heterocycles. The molecule has 0 aromatic carbocycles. The van der Waals surface area contributed by atoms with Gasteiger partial charge in [0, 0.05) is 20.1 Å². The first-order chi connectivity index (χ1) is 4.50. The van der Waals surface area contributed by atoms with Crippen molar-refractivity contribution in [3.8, 4) is 0 Å². The van der Waals surface area contributed by atoms with Crippen LogP contribution in [0.15, 0.2) is 0 Å². The van der Waals surface area contributed by atoms with Crippen LogP contribution in [0.5, 0.6) is 0 Å². The molecule has 0 aliphatic carbocycles. The third-order valence-electron chi connectivity index (χ3n) is 2.33. The van der Waals surface area contributed by atoms with E-state index in [1.807, 2.05) is 0 Å². The van der Waals surface area contributed by atoms with Gasteiger partial charge in [-0.3, -0.25) is 5.43 Å². The van der Waals surface area contributed by atoms with E-state index in [4.69, 9.17) is 0 Å². The van der Waals surface area contributed by atoms with Gasteiger partial charge in [0.1, 0.15) is 0 Å². The Morgan fingerprint density at radius 3 is 2.20 bits per heavy atom. The van der Waals surface area contributed by atoms with Crippen molar-refractivity contribution >= 4 is 0 Å². The zero-order valence-electron chi connectivity index (χ0n) is 7.44. The van der Waals surface area contributed by atoms with Crippen LogP contribution in [0.4, 0.5) is 0 Å². The molecule has 0 bridgehead atoms. The first-order valence-corrected chi connectivity index (χ1v) is 3.95. The Morgan fingerprint density at radius 2 is 2.00 bits per heavy atom. The van der Waals surface area contributed by atoms with Gasteiger partial charge in [-0.1, -0.05) is 20.8 Å². The highest BCUT2D eigenvalue weighted by atomic mass is 15.5. The fraction of sp³-hybridized carbons (Fsp3) is 1.00.